The average molecular weight is 297 g/mol. The fraction of sp³-hybridized carbons (Fsp3) is 0.562. The molecule has 1 unspecified atom stereocenters. The van der Waals surface area contributed by atoms with Gasteiger partial charge in [0.05, 0.1) is 6.04 Å². The second kappa shape index (κ2) is 8.98. The van der Waals surface area contributed by atoms with E-state index >= 15 is 0 Å². The summed E-state index contributed by atoms with van der Waals surface area (Å²) in [5.74, 6) is 0.0417. The van der Waals surface area contributed by atoms with Gasteiger partial charge in [-0.05, 0) is 31.9 Å². The highest BCUT2D eigenvalue weighted by atomic mass is 35.5. The van der Waals surface area contributed by atoms with Crippen molar-refractivity contribution in [2.24, 2.45) is 0 Å². The Bertz CT molecular complexity index is 423. The molecule has 0 saturated carbocycles. The molecule has 1 amide bonds. The molecular weight excluding hydrogens is 272 g/mol. The molecule has 0 aliphatic rings. The van der Waals surface area contributed by atoms with Gasteiger partial charge in [0, 0.05) is 17.6 Å². The molecule has 1 aromatic rings. The molecule has 20 heavy (non-hydrogen) atoms. The van der Waals surface area contributed by atoms with Gasteiger partial charge in [0.2, 0.25) is 5.91 Å². The molecule has 1 rings (SSSR count). The largest absolute Gasteiger partial charge is 0.355 e. The molecule has 0 aliphatic carbocycles. The lowest BCUT2D eigenvalue weighted by molar-refractivity contribution is -0.122. The summed E-state index contributed by atoms with van der Waals surface area (Å²) < 4.78 is 0. The SMILES string of the molecule is CCCCCNC(=O)C(C)N[C@H](C)c1ccccc1Cl. The van der Waals surface area contributed by atoms with Crippen molar-refractivity contribution in [1.82, 2.24) is 10.6 Å². The van der Waals surface area contributed by atoms with Crippen LogP contribution in [-0.2, 0) is 4.79 Å². The van der Waals surface area contributed by atoms with Crippen molar-refractivity contribution in [2.75, 3.05) is 6.54 Å². The van der Waals surface area contributed by atoms with Gasteiger partial charge >= 0.3 is 0 Å². The maximum Gasteiger partial charge on any atom is 0.236 e. The van der Waals surface area contributed by atoms with Crippen LogP contribution < -0.4 is 10.6 Å². The molecule has 0 spiro atoms. The summed E-state index contributed by atoms with van der Waals surface area (Å²) in [4.78, 5) is 12.0. The Balaban J connectivity index is 2.43. The Morgan fingerprint density at radius 1 is 1.25 bits per heavy atom. The number of hydrogen-bond donors (Lipinski definition) is 2. The van der Waals surface area contributed by atoms with E-state index in [0.29, 0.717) is 0 Å². The molecule has 1 aromatic carbocycles. The lowest BCUT2D eigenvalue weighted by atomic mass is 10.1. The van der Waals surface area contributed by atoms with Gasteiger partial charge in [-0.1, -0.05) is 49.6 Å². The van der Waals surface area contributed by atoms with Crippen LogP contribution in [0.1, 0.15) is 51.6 Å². The van der Waals surface area contributed by atoms with E-state index < -0.39 is 0 Å². The molecule has 2 atom stereocenters. The van der Waals surface area contributed by atoms with Crippen LogP contribution in [0.5, 0.6) is 0 Å². The molecule has 2 N–H and O–H groups in total. The smallest absolute Gasteiger partial charge is 0.236 e. The molecule has 112 valence electrons. The van der Waals surface area contributed by atoms with Crippen LogP contribution in [0, 0.1) is 0 Å². The van der Waals surface area contributed by atoms with Gasteiger partial charge < -0.3 is 5.32 Å². The van der Waals surface area contributed by atoms with E-state index in [-0.39, 0.29) is 18.0 Å². The van der Waals surface area contributed by atoms with Crippen molar-refractivity contribution in [3.8, 4) is 0 Å². The Kier molecular flexibility index (Phi) is 7.63. The van der Waals surface area contributed by atoms with Crippen LogP contribution in [0.2, 0.25) is 5.02 Å². The standard InChI is InChI=1S/C16H25ClN2O/c1-4-5-8-11-18-16(20)13(3)19-12(2)14-9-6-7-10-15(14)17/h6-7,9-10,12-13,19H,4-5,8,11H2,1-3H3,(H,18,20)/t12-,13?/m1/s1. The van der Waals surface area contributed by atoms with Crippen molar-refractivity contribution >= 4 is 17.5 Å². The van der Waals surface area contributed by atoms with E-state index in [2.05, 4.69) is 17.6 Å². The highest BCUT2D eigenvalue weighted by Gasteiger charge is 2.16. The third-order valence-corrected chi connectivity index (χ3v) is 3.69. The maximum absolute atomic E-state index is 12.0. The zero-order chi connectivity index (χ0) is 15.0. The van der Waals surface area contributed by atoms with Gasteiger partial charge in [-0.15, -0.1) is 0 Å². The number of halogens is 1. The van der Waals surface area contributed by atoms with Crippen molar-refractivity contribution in [2.45, 2.75) is 52.1 Å². The summed E-state index contributed by atoms with van der Waals surface area (Å²) in [6.45, 7) is 6.79. The average Bonchev–Trinajstić information content (AvgIpc) is 2.43. The third kappa shape index (κ3) is 5.51. The minimum absolute atomic E-state index is 0.0417. The van der Waals surface area contributed by atoms with Crippen LogP contribution in [0.25, 0.3) is 0 Å². The van der Waals surface area contributed by atoms with Gasteiger partial charge in [-0.2, -0.15) is 0 Å². The molecule has 3 nitrogen and oxygen atoms in total. The number of unbranched alkanes of at least 4 members (excludes halogenated alkanes) is 2. The molecule has 0 aromatic heterocycles. The Hall–Kier alpha value is -1.06. The monoisotopic (exact) mass is 296 g/mol. The van der Waals surface area contributed by atoms with E-state index in [4.69, 9.17) is 11.6 Å². The lowest BCUT2D eigenvalue weighted by Crippen LogP contribution is -2.43. The number of rotatable bonds is 8. The summed E-state index contributed by atoms with van der Waals surface area (Å²) in [5, 5.41) is 6.96. The molecule has 0 aliphatic heterocycles. The van der Waals surface area contributed by atoms with Gasteiger partial charge in [0.1, 0.15) is 0 Å². The van der Waals surface area contributed by atoms with Gasteiger partial charge in [0.15, 0.2) is 0 Å². The highest BCUT2D eigenvalue weighted by Crippen LogP contribution is 2.22. The Morgan fingerprint density at radius 3 is 2.60 bits per heavy atom. The predicted octanol–water partition coefficient (Wildman–Crippen LogP) is 3.69. The zero-order valence-corrected chi connectivity index (χ0v) is 13.3. The van der Waals surface area contributed by atoms with Crippen LogP contribution in [0.4, 0.5) is 0 Å². The minimum atomic E-state index is -0.233. The number of amides is 1. The summed E-state index contributed by atoms with van der Waals surface area (Å²) in [7, 11) is 0. The number of hydrogen-bond acceptors (Lipinski definition) is 2. The number of nitrogens with one attached hydrogen (secondary N) is 2. The first kappa shape index (κ1) is 17.0. The summed E-state index contributed by atoms with van der Waals surface area (Å²) in [6, 6.07) is 7.51. The first-order valence-electron chi connectivity index (χ1n) is 7.34. The van der Waals surface area contributed by atoms with E-state index in [9.17, 15) is 4.79 Å². The first-order chi connectivity index (χ1) is 9.56. The van der Waals surface area contributed by atoms with Crippen LogP contribution in [0.15, 0.2) is 24.3 Å². The second-order valence-corrected chi connectivity index (χ2v) is 5.54. The topological polar surface area (TPSA) is 41.1 Å². The summed E-state index contributed by atoms with van der Waals surface area (Å²) >= 11 is 6.16. The molecule has 0 fully saturated rings. The van der Waals surface area contributed by atoms with E-state index in [1.165, 1.54) is 0 Å². The molecular formula is C16H25ClN2O. The second-order valence-electron chi connectivity index (χ2n) is 5.13. The Morgan fingerprint density at radius 2 is 1.95 bits per heavy atom. The third-order valence-electron chi connectivity index (χ3n) is 3.34. The fourth-order valence-corrected chi connectivity index (χ4v) is 2.41. The minimum Gasteiger partial charge on any atom is -0.355 e. The maximum atomic E-state index is 12.0. The van der Waals surface area contributed by atoms with Crippen molar-refractivity contribution in [3.63, 3.8) is 0 Å². The molecule has 0 radical (unpaired) electrons. The molecule has 0 bridgehead atoms. The van der Waals surface area contributed by atoms with E-state index in [1.807, 2.05) is 38.1 Å². The number of carbonyl (C=O) groups excluding carboxylic acids is 1. The Labute approximate surface area is 127 Å². The van der Waals surface area contributed by atoms with Gasteiger partial charge in [0.25, 0.3) is 0 Å². The van der Waals surface area contributed by atoms with Gasteiger partial charge in [-0.25, -0.2) is 0 Å². The van der Waals surface area contributed by atoms with Gasteiger partial charge in [-0.3, -0.25) is 10.1 Å². The molecule has 0 heterocycles. The van der Waals surface area contributed by atoms with Crippen molar-refractivity contribution in [1.29, 1.82) is 0 Å². The normalized spacial score (nSPS) is 13.8. The van der Waals surface area contributed by atoms with Crippen molar-refractivity contribution in [3.05, 3.63) is 34.9 Å². The highest BCUT2D eigenvalue weighted by molar-refractivity contribution is 6.31. The molecule has 0 saturated heterocycles. The van der Waals surface area contributed by atoms with E-state index in [1.54, 1.807) is 0 Å². The van der Waals surface area contributed by atoms with Crippen LogP contribution >= 0.6 is 11.6 Å². The number of benzene rings is 1. The van der Waals surface area contributed by atoms with Crippen LogP contribution in [0.3, 0.4) is 0 Å². The number of carbonyl (C=O) groups is 1. The quantitative estimate of drug-likeness (QED) is 0.718. The predicted molar refractivity (Wildman–Crippen MR) is 85.0 cm³/mol. The summed E-state index contributed by atoms with van der Waals surface area (Å²) in [6.07, 6.45) is 3.35. The zero-order valence-electron chi connectivity index (χ0n) is 12.6. The fourth-order valence-electron chi connectivity index (χ4n) is 2.11. The lowest BCUT2D eigenvalue weighted by Gasteiger charge is -2.20. The summed E-state index contributed by atoms with van der Waals surface area (Å²) in [5.41, 5.74) is 1.01. The molecule has 4 heteroatoms. The van der Waals surface area contributed by atoms with Crippen LogP contribution in [-0.4, -0.2) is 18.5 Å². The van der Waals surface area contributed by atoms with E-state index in [0.717, 1.165) is 36.4 Å². The first-order valence-corrected chi connectivity index (χ1v) is 7.72. The van der Waals surface area contributed by atoms with Crippen molar-refractivity contribution < 1.29 is 4.79 Å².